The second kappa shape index (κ2) is 7.14. The van der Waals surface area contributed by atoms with Gasteiger partial charge in [0, 0.05) is 30.3 Å². The van der Waals surface area contributed by atoms with Crippen LogP contribution >= 0.6 is 11.8 Å². The first-order valence-corrected chi connectivity index (χ1v) is 9.01. The molecule has 1 aliphatic heterocycles. The van der Waals surface area contributed by atoms with Crippen molar-refractivity contribution in [2.75, 3.05) is 25.6 Å². The molecule has 21 heavy (non-hydrogen) atoms. The van der Waals surface area contributed by atoms with Gasteiger partial charge in [0.05, 0.1) is 12.1 Å². The number of rotatable bonds is 7. The molecule has 1 atom stereocenters. The van der Waals surface area contributed by atoms with Gasteiger partial charge >= 0.3 is 0 Å². The Hall–Kier alpha value is -0.550. The van der Waals surface area contributed by atoms with Gasteiger partial charge in [-0.05, 0) is 31.2 Å². The van der Waals surface area contributed by atoms with Crippen LogP contribution in [-0.2, 0) is 10.3 Å². The minimum Gasteiger partial charge on any atom is -0.394 e. The van der Waals surface area contributed by atoms with E-state index in [0.29, 0.717) is 11.3 Å². The van der Waals surface area contributed by atoms with Crippen LogP contribution in [-0.4, -0.2) is 42.0 Å². The van der Waals surface area contributed by atoms with Crippen LogP contribution in [0.25, 0.3) is 0 Å². The first-order chi connectivity index (χ1) is 10.3. The molecular formula is C17H25NO2S. The molecule has 2 fully saturated rings. The van der Waals surface area contributed by atoms with Crippen LogP contribution in [0.3, 0.4) is 0 Å². The van der Waals surface area contributed by atoms with Gasteiger partial charge in [-0.15, -0.1) is 0 Å². The predicted molar refractivity (Wildman–Crippen MR) is 87.7 cm³/mol. The van der Waals surface area contributed by atoms with Gasteiger partial charge in [0.25, 0.3) is 0 Å². The van der Waals surface area contributed by atoms with Crippen molar-refractivity contribution in [3.8, 4) is 0 Å². The molecule has 2 aliphatic rings. The molecule has 1 aromatic rings. The molecule has 3 nitrogen and oxygen atoms in total. The Morgan fingerprint density at radius 2 is 1.86 bits per heavy atom. The van der Waals surface area contributed by atoms with Crippen molar-refractivity contribution in [3.05, 3.63) is 35.9 Å². The zero-order chi connectivity index (χ0) is 14.5. The van der Waals surface area contributed by atoms with E-state index >= 15 is 0 Å². The number of ether oxygens (including phenoxy) is 1. The van der Waals surface area contributed by atoms with Crippen molar-refractivity contribution in [1.29, 1.82) is 0 Å². The lowest BCUT2D eigenvalue weighted by Crippen LogP contribution is -2.49. The maximum absolute atomic E-state index is 10.1. The second-order valence-corrected chi connectivity index (χ2v) is 7.44. The average molecular weight is 307 g/mol. The monoisotopic (exact) mass is 307 g/mol. The van der Waals surface area contributed by atoms with E-state index in [-0.39, 0.29) is 12.1 Å². The molecule has 1 heterocycles. The van der Waals surface area contributed by atoms with E-state index in [4.69, 9.17) is 4.74 Å². The maximum Gasteiger partial charge on any atom is 0.0762 e. The summed E-state index contributed by atoms with van der Waals surface area (Å²) in [7, 11) is 0. The smallest absolute Gasteiger partial charge is 0.0762 e. The number of aliphatic hydroxyl groups is 1. The topological polar surface area (TPSA) is 41.5 Å². The van der Waals surface area contributed by atoms with Gasteiger partial charge in [0.2, 0.25) is 0 Å². The lowest BCUT2D eigenvalue weighted by Gasteiger charge is -2.35. The lowest BCUT2D eigenvalue weighted by atomic mass is 9.92. The van der Waals surface area contributed by atoms with Gasteiger partial charge in [-0.2, -0.15) is 11.8 Å². The van der Waals surface area contributed by atoms with E-state index in [9.17, 15) is 5.11 Å². The number of nitrogens with one attached hydrogen (secondary N) is 1. The molecule has 1 saturated heterocycles. The van der Waals surface area contributed by atoms with E-state index in [1.807, 2.05) is 17.8 Å². The highest BCUT2D eigenvalue weighted by Gasteiger charge is 2.37. The van der Waals surface area contributed by atoms with Crippen molar-refractivity contribution in [3.63, 3.8) is 0 Å². The summed E-state index contributed by atoms with van der Waals surface area (Å²) in [5, 5.41) is 14.5. The summed E-state index contributed by atoms with van der Waals surface area (Å²) in [4.78, 5) is 0. The molecule has 2 N–H and O–H groups in total. The molecule has 0 amide bonds. The molecule has 1 unspecified atom stereocenters. The highest BCUT2D eigenvalue weighted by atomic mass is 32.2. The summed E-state index contributed by atoms with van der Waals surface area (Å²) in [6, 6.07) is 11.0. The van der Waals surface area contributed by atoms with Crippen molar-refractivity contribution in [2.45, 2.75) is 42.5 Å². The van der Waals surface area contributed by atoms with Gasteiger partial charge in [0.1, 0.15) is 0 Å². The van der Waals surface area contributed by atoms with Gasteiger partial charge in [-0.1, -0.05) is 30.3 Å². The van der Waals surface area contributed by atoms with E-state index in [1.54, 1.807) is 0 Å². The molecule has 3 rings (SSSR count). The zero-order valence-electron chi connectivity index (χ0n) is 12.5. The number of benzene rings is 1. The maximum atomic E-state index is 10.1. The van der Waals surface area contributed by atoms with Crippen LogP contribution in [0.2, 0.25) is 0 Å². The molecule has 0 radical (unpaired) electrons. The van der Waals surface area contributed by atoms with E-state index in [1.165, 1.54) is 18.4 Å². The highest BCUT2D eigenvalue weighted by Crippen LogP contribution is 2.34. The molecule has 0 aromatic heterocycles. The number of aliphatic hydroxyl groups excluding tert-OH is 1. The summed E-state index contributed by atoms with van der Waals surface area (Å²) in [6.07, 6.45) is 4.72. The Kier molecular flexibility index (Phi) is 5.22. The number of thioether (sulfide) groups is 1. The first kappa shape index (κ1) is 15.3. The Labute approximate surface area is 131 Å². The fourth-order valence-corrected chi connectivity index (χ4v) is 4.26. The summed E-state index contributed by atoms with van der Waals surface area (Å²) >= 11 is 1.99. The second-order valence-electron chi connectivity index (χ2n) is 6.15. The highest BCUT2D eigenvalue weighted by molar-refractivity contribution is 7.99. The fraction of sp³-hybridized carbons (Fsp3) is 0.647. The molecule has 1 aromatic carbocycles. The Bertz CT molecular complexity index is 432. The molecule has 116 valence electrons. The number of hydrogen-bond acceptors (Lipinski definition) is 4. The fourth-order valence-electron chi connectivity index (χ4n) is 2.87. The van der Waals surface area contributed by atoms with Crippen molar-refractivity contribution >= 4 is 11.8 Å². The normalized spacial score (nSPS) is 22.9. The predicted octanol–water partition coefficient (Wildman–Crippen LogP) is 2.54. The van der Waals surface area contributed by atoms with Crippen LogP contribution in [0.15, 0.2) is 30.3 Å². The van der Waals surface area contributed by atoms with Crippen LogP contribution in [0, 0.1) is 0 Å². The molecule has 4 heteroatoms. The minimum atomic E-state index is -0.300. The molecule has 1 aliphatic carbocycles. The Morgan fingerprint density at radius 1 is 1.14 bits per heavy atom. The van der Waals surface area contributed by atoms with Crippen LogP contribution in [0.5, 0.6) is 0 Å². The molecule has 0 bridgehead atoms. The molecule has 1 saturated carbocycles. The Balaban J connectivity index is 1.71. The third-order valence-electron chi connectivity index (χ3n) is 4.39. The van der Waals surface area contributed by atoms with Gasteiger partial charge in [-0.3, -0.25) is 0 Å². The van der Waals surface area contributed by atoms with Crippen molar-refractivity contribution < 1.29 is 9.84 Å². The Morgan fingerprint density at radius 3 is 2.48 bits per heavy atom. The summed E-state index contributed by atoms with van der Waals surface area (Å²) < 4.78 is 5.44. The third kappa shape index (κ3) is 4.01. The van der Waals surface area contributed by atoms with Gasteiger partial charge in [0.15, 0.2) is 0 Å². The quantitative estimate of drug-likeness (QED) is 0.812. The van der Waals surface area contributed by atoms with E-state index in [0.717, 1.165) is 31.8 Å². The van der Waals surface area contributed by atoms with Gasteiger partial charge < -0.3 is 15.2 Å². The summed E-state index contributed by atoms with van der Waals surface area (Å²) in [6.45, 7) is 1.92. The van der Waals surface area contributed by atoms with Crippen molar-refractivity contribution in [2.24, 2.45) is 0 Å². The third-order valence-corrected chi connectivity index (χ3v) is 5.99. The van der Waals surface area contributed by atoms with Crippen molar-refractivity contribution in [1.82, 2.24) is 5.32 Å². The van der Waals surface area contributed by atoms with Crippen LogP contribution in [0.1, 0.15) is 31.2 Å². The largest absolute Gasteiger partial charge is 0.394 e. The lowest BCUT2D eigenvalue weighted by molar-refractivity contribution is 0.0998. The van der Waals surface area contributed by atoms with E-state index < -0.39 is 0 Å². The SMILES string of the molecule is OCC(CSC1CCOCC1)(NC1CC1)c1ccccc1. The standard InChI is InChI=1S/C17H25NO2S/c19-12-17(18-15-6-7-15,14-4-2-1-3-5-14)13-21-16-8-10-20-11-9-16/h1-5,15-16,18-19H,6-13H2. The van der Waals surface area contributed by atoms with E-state index in [2.05, 4.69) is 29.6 Å². The van der Waals surface area contributed by atoms with Gasteiger partial charge in [-0.25, -0.2) is 0 Å². The summed E-state index contributed by atoms with van der Waals surface area (Å²) in [5.41, 5.74) is 0.907. The number of hydrogen-bond donors (Lipinski definition) is 2. The minimum absolute atomic E-state index is 0.156. The summed E-state index contributed by atoms with van der Waals surface area (Å²) in [5.74, 6) is 0.925. The average Bonchev–Trinajstić information content (AvgIpc) is 3.37. The van der Waals surface area contributed by atoms with Crippen LogP contribution in [0.4, 0.5) is 0 Å². The first-order valence-electron chi connectivity index (χ1n) is 7.96. The molecular weight excluding hydrogens is 282 g/mol. The van der Waals surface area contributed by atoms with Crippen LogP contribution < -0.4 is 5.32 Å². The molecule has 0 spiro atoms. The zero-order valence-corrected chi connectivity index (χ0v) is 13.3.